The molecule has 0 atom stereocenters. The molecule has 7 nitrogen and oxygen atoms in total. The Morgan fingerprint density at radius 2 is 1.84 bits per heavy atom. The molecule has 1 aliphatic rings. The Balaban J connectivity index is 1.38. The SMILES string of the molecule is CC(C)(C)OC(=O)NCCCCCCCC(=O)c1cccc2sc(N3CCOCC3)nc12. The van der Waals surface area contributed by atoms with E-state index in [1.54, 1.807) is 11.3 Å². The second-order valence-corrected chi connectivity index (χ2v) is 10.1. The van der Waals surface area contributed by atoms with Gasteiger partial charge in [0.05, 0.1) is 23.4 Å². The fraction of sp³-hybridized carbons (Fsp3) is 0.625. The third-order valence-electron chi connectivity index (χ3n) is 5.24. The molecule has 0 aliphatic carbocycles. The third-order valence-corrected chi connectivity index (χ3v) is 6.32. The van der Waals surface area contributed by atoms with Gasteiger partial charge in [-0.2, -0.15) is 0 Å². The Hall–Kier alpha value is -2.19. The molecule has 0 unspecified atom stereocenters. The van der Waals surface area contributed by atoms with Crippen LogP contribution in [0.3, 0.4) is 0 Å². The van der Waals surface area contributed by atoms with Gasteiger partial charge >= 0.3 is 6.09 Å². The van der Waals surface area contributed by atoms with Crippen LogP contribution in [0.2, 0.25) is 0 Å². The average molecular weight is 462 g/mol. The summed E-state index contributed by atoms with van der Waals surface area (Å²) in [5.74, 6) is 0.168. The second kappa shape index (κ2) is 11.6. The first-order valence-corrected chi connectivity index (χ1v) is 12.4. The van der Waals surface area contributed by atoms with Crippen LogP contribution in [0.25, 0.3) is 10.2 Å². The smallest absolute Gasteiger partial charge is 0.407 e. The number of morpholine rings is 1. The molecule has 1 N–H and O–H groups in total. The Kier molecular flexibility index (Phi) is 8.87. The number of thiazole rings is 1. The van der Waals surface area contributed by atoms with Crippen molar-refractivity contribution < 1.29 is 19.1 Å². The highest BCUT2D eigenvalue weighted by molar-refractivity contribution is 7.22. The summed E-state index contributed by atoms with van der Waals surface area (Å²) in [5, 5.41) is 3.76. The van der Waals surface area contributed by atoms with Crippen LogP contribution in [0, 0.1) is 0 Å². The lowest BCUT2D eigenvalue weighted by atomic mass is 10.0. The first-order chi connectivity index (χ1) is 15.3. The number of hydrogen-bond donors (Lipinski definition) is 1. The molecule has 1 aromatic carbocycles. The zero-order valence-corrected chi connectivity index (χ0v) is 20.3. The van der Waals surface area contributed by atoms with Gasteiger partial charge in [-0.15, -0.1) is 0 Å². The van der Waals surface area contributed by atoms with Crippen LogP contribution < -0.4 is 10.2 Å². The molecule has 0 radical (unpaired) electrons. The van der Waals surface area contributed by atoms with Gasteiger partial charge in [0.2, 0.25) is 0 Å². The van der Waals surface area contributed by atoms with Crippen LogP contribution in [-0.4, -0.2) is 55.3 Å². The van der Waals surface area contributed by atoms with E-state index < -0.39 is 5.60 Å². The summed E-state index contributed by atoms with van der Waals surface area (Å²) < 4.78 is 11.7. The first kappa shape index (κ1) is 24.5. The van der Waals surface area contributed by atoms with Crippen molar-refractivity contribution in [3.63, 3.8) is 0 Å². The molecule has 32 heavy (non-hydrogen) atoms. The Morgan fingerprint density at radius 1 is 1.12 bits per heavy atom. The van der Waals surface area contributed by atoms with Crippen molar-refractivity contribution >= 4 is 38.6 Å². The number of benzene rings is 1. The highest BCUT2D eigenvalue weighted by Crippen LogP contribution is 2.31. The monoisotopic (exact) mass is 461 g/mol. The largest absolute Gasteiger partial charge is 0.444 e. The van der Waals surface area contributed by atoms with Gasteiger partial charge in [-0.25, -0.2) is 9.78 Å². The van der Waals surface area contributed by atoms with E-state index in [1.165, 1.54) is 0 Å². The molecular weight excluding hydrogens is 426 g/mol. The van der Waals surface area contributed by atoms with E-state index in [1.807, 2.05) is 39.0 Å². The standard InChI is InChI=1S/C24H35N3O4S/c1-24(2,3)31-23(29)25-13-8-6-4-5-7-11-19(28)18-10-9-12-20-21(18)26-22(32-20)27-14-16-30-17-15-27/h9-10,12H,4-8,11,13-17H2,1-3H3,(H,25,29). The Morgan fingerprint density at radius 3 is 2.59 bits per heavy atom. The molecular formula is C24H35N3O4S. The van der Waals surface area contributed by atoms with Crippen LogP contribution in [0.5, 0.6) is 0 Å². The number of amides is 1. The van der Waals surface area contributed by atoms with E-state index in [2.05, 4.69) is 10.2 Å². The quantitative estimate of drug-likeness (QED) is 0.388. The Labute approximate surface area is 194 Å². The minimum absolute atomic E-state index is 0.168. The maximum Gasteiger partial charge on any atom is 0.407 e. The molecule has 2 aromatic rings. The normalized spacial score (nSPS) is 14.5. The van der Waals surface area contributed by atoms with Crippen molar-refractivity contribution in [1.29, 1.82) is 0 Å². The van der Waals surface area contributed by atoms with Gasteiger partial charge in [-0.05, 0) is 45.7 Å². The number of fused-ring (bicyclic) bond motifs is 1. The number of nitrogens with zero attached hydrogens (tertiary/aromatic N) is 2. The molecule has 176 valence electrons. The number of carbonyl (C=O) groups is 2. The fourth-order valence-electron chi connectivity index (χ4n) is 3.63. The molecule has 1 aliphatic heterocycles. The first-order valence-electron chi connectivity index (χ1n) is 11.6. The van der Waals surface area contributed by atoms with Crippen molar-refractivity contribution in [2.75, 3.05) is 37.7 Å². The van der Waals surface area contributed by atoms with E-state index in [9.17, 15) is 9.59 Å². The lowest BCUT2D eigenvalue weighted by molar-refractivity contribution is 0.0526. The van der Waals surface area contributed by atoms with Gasteiger partial charge in [-0.1, -0.05) is 36.7 Å². The number of carbonyl (C=O) groups excluding carboxylic acids is 2. The lowest BCUT2D eigenvalue weighted by Crippen LogP contribution is -2.36. The van der Waals surface area contributed by atoms with Crippen LogP contribution >= 0.6 is 11.3 Å². The van der Waals surface area contributed by atoms with Gasteiger partial charge in [0.15, 0.2) is 10.9 Å². The number of alkyl carbamates (subject to hydrolysis) is 1. The molecule has 1 aromatic heterocycles. The van der Waals surface area contributed by atoms with Gasteiger partial charge < -0.3 is 19.7 Å². The van der Waals surface area contributed by atoms with Crippen LogP contribution in [0.15, 0.2) is 18.2 Å². The third kappa shape index (κ3) is 7.45. The number of nitrogens with one attached hydrogen (secondary N) is 1. The topological polar surface area (TPSA) is 80.8 Å². The predicted molar refractivity (Wildman–Crippen MR) is 129 cm³/mol. The molecule has 0 bridgehead atoms. The van der Waals surface area contributed by atoms with Crippen LogP contribution in [0.4, 0.5) is 9.93 Å². The highest BCUT2D eigenvalue weighted by atomic mass is 32.1. The predicted octanol–water partition coefficient (Wildman–Crippen LogP) is 5.18. The number of aromatic nitrogens is 1. The molecule has 2 heterocycles. The number of anilines is 1. The maximum absolute atomic E-state index is 12.8. The Bertz CT molecular complexity index is 900. The summed E-state index contributed by atoms with van der Waals surface area (Å²) in [4.78, 5) is 31.5. The minimum atomic E-state index is -0.469. The molecule has 8 heteroatoms. The number of rotatable bonds is 10. The average Bonchev–Trinajstić information content (AvgIpc) is 3.19. The molecule has 3 rings (SSSR count). The molecule has 0 saturated carbocycles. The van der Waals surface area contributed by atoms with Crippen molar-refractivity contribution in [1.82, 2.24) is 10.3 Å². The molecule has 1 fully saturated rings. The number of ketones is 1. The number of Topliss-reactive ketones (excluding diaryl/α,β-unsaturated/α-hetero) is 1. The summed E-state index contributed by atoms with van der Waals surface area (Å²) in [7, 11) is 0. The van der Waals surface area contributed by atoms with E-state index in [4.69, 9.17) is 14.5 Å². The zero-order chi connectivity index (χ0) is 23.0. The minimum Gasteiger partial charge on any atom is -0.444 e. The summed E-state index contributed by atoms with van der Waals surface area (Å²) in [6.45, 7) is 9.30. The van der Waals surface area contributed by atoms with Crippen molar-refractivity contribution in [2.24, 2.45) is 0 Å². The second-order valence-electron chi connectivity index (χ2n) is 9.12. The fourth-order valence-corrected chi connectivity index (χ4v) is 4.68. The van der Waals surface area contributed by atoms with Crippen molar-refractivity contribution in [3.8, 4) is 0 Å². The maximum atomic E-state index is 12.8. The number of unbranched alkanes of at least 4 members (excludes halogenated alkanes) is 4. The molecule has 0 spiro atoms. The highest BCUT2D eigenvalue weighted by Gasteiger charge is 2.19. The molecule has 1 saturated heterocycles. The summed E-state index contributed by atoms with van der Waals surface area (Å²) in [5.41, 5.74) is 1.10. The van der Waals surface area contributed by atoms with Gasteiger partial charge in [-0.3, -0.25) is 4.79 Å². The number of hydrogen-bond acceptors (Lipinski definition) is 7. The van der Waals surface area contributed by atoms with Gasteiger partial charge in [0.25, 0.3) is 0 Å². The molecule has 1 amide bonds. The number of para-hydroxylation sites is 1. The summed E-state index contributed by atoms with van der Waals surface area (Å²) >= 11 is 1.65. The lowest BCUT2D eigenvalue weighted by Gasteiger charge is -2.25. The van der Waals surface area contributed by atoms with Crippen LogP contribution in [0.1, 0.15) is 69.7 Å². The van der Waals surface area contributed by atoms with Crippen molar-refractivity contribution in [2.45, 2.75) is 64.9 Å². The van der Waals surface area contributed by atoms with Crippen molar-refractivity contribution in [3.05, 3.63) is 23.8 Å². The summed E-state index contributed by atoms with van der Waals surface area (Å²) in [6, 6.07) is 5.89. The van der Waals surface area contributed by atoms with E-state index in [0.29, 0.717) is 13.0 Å². The van der Waals surface area contributed by atoms with Gasteiger partial charge in [0.1, 0.15) is 5.60 Å². The van der Waals surface area contributed by atoms with Crippen LogP contribution in [-0.2, 0) is 9.47 Å². The summed E-state index contributed by atoms with van der Waals surface area (Å²) in [6.07, 6.45) is 5.03. The number of ether oxygens (including phenoxy) is 2. The van der Waals surface area contributed by atoms with E-state index in [-0.39, 0.29) is 11.9 Å². The van der Waals surface area contributed by atoms with E-state index in [0.717, 1.165) is 79.3 Å². The van der Waals surface area contributed by atoms with E-state index >= 15 is 0 Å². The van der Waals surface area contributed by atoms with Gasteiger partial charge in [0, 0.05) is 31.6 Å². The zero-order valence-electron chi connectivity index (χ0n) is 19.4.